The minimum Gasteiger partial charge on any atom is -0.465 e. The second-order valence-electron chi connectivity index (χ2n) is 6.47. The molecule has 0 amide bonds. The number of anilines is 1. The smallest absolute Gasteiger partial charge is 0.355 e. The monoisotopic (exact) mass is 368 g/mol. The van der Waals surface area contributed by atoms with Crippen molar-refractivity contribution in [3.05, 3.63) is 65.5 Å². The predicted molar refractivity (Wildman–Crippen MR) is 103 cm³/mol. The van der Waals surface area contributed by atoms with Crippen molar-refractivity contribution in [1.29, 1.82) is 0 Å². The summed E-state index contributed by atoms with van der Waals surface area (Å²) >= 11 is 0. The van der Waals surface area contributed by atoms with Crippen molar-refractivity contribution in [3.8, 4) is 0 Å². The lowest BCUT2D eigenvalue weighted by molar-refractivity contribution is -0.139. The Hall–Kier alpha value is -2.86. The topological polar surface area (TPSA) is 59.1 Å². The van der Waals surface area contributed by atoms with Crippen LogP contribution < -0.4 is 4.90 Å². The van der Waals surface area contributed by atoms with Crippen molar-refractivity contribution < 1.29 is 19.1 Å². The number of nitrogens with zero attached hydrogens (tertiary/aromatic N) is 2. The summed E-state index contributed by atoms with van der Waals surface area (Å²) in [6, 6.07) is 7.97. The van der Waals surface area contributed by atoms with Gasteiger partial charge in [0.25, 0.3) is 0 Å². The summed E-state index contributed by atoms with van der Waals surface area (Å²) in [6.07, 6.45) is 9.24. The summed E-state index contributed by atoms with van der Waals surface area (Å²) in [5.74, 6) is -1.19. The summed E-state index contributed by atoms with van der Waals surface area (Å²) < 4.78 is 9.79. The van der Waals surface area contributed by atoms with Crippen molar-refractivity contribution >= 4 is 17.6 Å². The third-order valence-corrected chi connectivity index (χ3v) is 4.68. The molecule has 0 saturated carbocycles. The second-order valence-corrected chi connectivity index (χ2v) is 6.47. The maximum absolute atomic E-state index is 12.5. The van der Waals surface area contributed by atoms with Crippen LogP contribution in [0.25, 0.3) is 0 Å². The fourth-order valence-electron chi connectivity index (χ4n) is 3.37. The van der Waals surface area contributed by atoms with Crippen LogP contribution >= 0.6 is 0 Å². The molecular weight excluding hydrogens is 344 g/mol. The van der Waals surface area contributed by atoms with Gasteiger partial charge in [0.15, 0.2) is 0 Å². The number of carbonyl (C=O) groups is 2. The summed E-state index contributed by atoms with van der Waals surface area (Å²) in [6.45, 7) is 3.08. The number of allylic oxidation sites excluding steroid dienone is 2. The van der Waals surface area contributed by atoms with Gasteiger partial charge in [-0.2, -0.15) is 0 Å². The van der Waals surface area contributed by atoms with E-state index in [2.05, 4.69) is 11.0 Å². The van der Waals surface area contributed by atoms with E-state index < -0.39 is 11.9 Å². The first-order chi connectivity index (χ1) is 13.1. The van der Waals surface area contributed by atoms with Gasteiger partial charge in [-0.05, 0) is 55.8 Å². The summed E-state index contributed by atoms with van der Waals surface area (Å²) in [7, 11) is 2.59. The summed E-state index contributed by atoms with van der Waals surface area (Å²) in [5.41, 5.74) is 2.23. The number of ether oxygens (including phenoxy) is 2. The minimum atomic E-state index is -0.600. The zero-order valence-corrected chi connectivity index (χ0v) is 15.7. The van der Waals surface area contributed by atoms with E-state index in [1.54, 1.807) is 29.3 Å². The number of esters is 2. The van der Waals surface area contributed by atoms with Crippen LogP contribution in [0.3, 0.4) is 0 Å². The summed E-state index contributed by atoms with van der Waals surface area (Å²) in [4.78, 5) is 28.8. The van der Waals surface area contributed by atoms with E-state index in [1.165, 1.54) is 27.1 Å². The molecule has 3 rings (SSSR count). The van der Waals surface area contributed by atoms with E-state index in [4.69, 9.17) is 9.47 Å². The van der Waals surface area contributed by atoms with Gasteiger partial charge in [0.05, 0.1) is 19.8 Å². The Labute approximate surface area is 159 Å². The molecule has 6 nitrogen and oxygen atoms in total. The van der Waals surface area contributed by atoms with Crippen molar-refractivity contribution in [2.75, 3.05) is 32.2 Å². The predicted octanol–water partition coefficient (Wildman–Crippen LogP) is 2.77. The molecule has 1 fully saturated rings. The first kappa shape index (κ1) is 18.9. The molecule has 0 atom stereocenters. The van der Waals surface area contributed by atoms with Crippen molar-refractivity contribution in [3.63, 3.8) is 0 Å². The number of rotatable bonds is 5. The number of hydrogen-bond donors (Lipinski definition) is 0. The lowest BCUT2D eigenvalue weighted by atomic mass is 10.1. The molecule has 1 aromatic carbocycles. The van der Waals surface area contributed by atoms with Gasteiger partial charge in [-0.3, -0.25) is 4.90 Å². The number of carbonyl (C=O) groups excluding carboxylic acids is 2. The fraction of sp³-hybridized carbons (Fsp3) is 0.333. The molecule has 0 aliphatic carbocycles. The van der Waals surface area contributed by atoms with Gasteiger partial charge in [-0.15, -0.1) is 0 Å². The Morgan fingerprint density at radius 2 is 1.78 bits per heavy atom. The highest BCUT2D eigenvalue weighted by atomic mass is 16.5. The molecule has 0 spiro atoms. The third-order valence-electron chi connectivity index (χ3n) is 4.68. The molecule has 6 heteroatoms. The fourth-order valence-corrected chi connectivity index (χ4v) is 3.37. The first-order valence-corrected chi connectivity index (χ1v) is 9.00. The van der Waals surface area contributed by atoms with Gasteiger partial charge in [0.2, 0.25) is 0 Å². The minimum absolute atomic E-state index is 0.132. The van der Waals surface area contributed by atoms with Crippen LogP contribution in [0.4, 0.5) is 5.69 Å². The molecule has 0 radical (unpaired) electrons. The molecule has 2 aliphatic rings. The molecule has 0 unspecified atom stereocenters. The van der Waals surface area contributed by atoms with Crippen LogP contribution in [0.15, 0.2) is 60.0 Å². The molecule has 27 heavy (non-hydrogen) atoms. The number of benzene rings is 1. The van der Waals surface area contributed by atoms with E-state index >= 15 is 0 Å². The second kappa shape index (κ2) is 8.68. The van der Waals surface area contributed by atoms with Crippen LogP contribution in [0, 0.1) is 0 Å². The summed E-state index contributed by atoms with van der Waals surface area (Å²) in [5, 5.41) is 0. The third kappa shape index (κ3) is 4.28. The lowest BCUT2D eigenvalue weighted by Crippen LogP contribution is -2.27. The van der Waals surface area contributed by atoms with E-state index in [0.29, 0.717) is 0 Å². The Balaban J connectivity index is 1.99. The largest absolute Gasteiger partial charge is 0.465 e. The van der Waals surface area contributed by atoms with Crippen molar-refractivity contribution in [2.45, 2.75) is 19.4 Å². The van der Waals surface area contributed by atoms with Gasteiger partial charge in [-0.1, -0.05) is 18.2 Å². The molecule has 0 N–H and O–H groups in total. The van der Waals surface area contributed by atoms with Crippen LogP contribution in [-0.4, -0.2) is 44.1 Å². The van der Waals surface area contributed by atoms with Crippen LogP contribution in [-0.2, 0) is 25.6 Å². The molecule has 0 aromatic heterocycles. The lowest BCUT2D eigenvalue weighted by Gasteiger charge is -2.24. The SMILES string of the molecule is COC(=O)C1=C(C(=O)OC)N(c2cccc(CN3CCCC3)c2)C=CC=C1. The number of methoxy groups -OCH3 is 2. The van der Waals surface area contributed by atoms with Gasteiger partial charge >= 0.3 is 11.9 Å². The number of likely N-dealkylation sites (tertiary alicyclic amines) is 1. The van der Waals surface area contributed by atoms with Crippen LogP contribution in [0.2, 0.25) is 0 Å². The van der Waals surface area contributed by atoms with Gasteiger partial charge in [-0.25, -0.2) is 9.59 Å². The Kier molecular flexibility index (Phi) is 6.08. The van der Waals surface area contributed by atoms with Crippen LogP contribution in [0.1, 0.15) is 18.4 Å². The quantitative estimate of drug-likeness (QED) is 0.745. The van der Waals surface area contributed by atoms with Crippen molar-refractivity contribution in [2.24, 2.45) is 0 Å². The maximum atomic E-state index is 12.5. The zero-order chi connectivity index (χ0) is 19.2. The average molecular weight is 368 g/mol. The maximum Gasteiger partial charge on any atom is 0.355 e. The van der Waals surface area contributed by atoms with Gasteiger partial charge < -0.3 is 14.4 Å². The van der Waals surface area contributed by atoms with Gasteiger partial charge in [0, 0.05) is 18.4 Å². The van der Waals surface area contributed by atoms with Gasteiger partial charge in [0.1, 0.15) is 5.70 Å². The van der Waals surface area contributed by atoms with E-state index in [0.717, 1.165) is 30.9 Å². The Morgan fingerprint density at radius 3 is 2.48 bits per heavy atom. The molecule has 2 aliphatic heterocycles. The van der Waals surface area contributed by atoms with Crippen molar-refractivity contribution in [1.82, 2.24) is 4.90 Å². The normalized spacial score (nSPS) is 17.2. The standard InChI is InChI=1S/C21H24N2O4/c1-26-20(24)18-10-3-4-13-23(19(18)21(25)27-2)17-9-7-8-16(14-17)15-22-11-5-6-12-22/h3-4,7-10,13-14H,5-6,11-12,15H2,1-2H3. The first-order valence-electron chi connectivity index (χ1n) is 9.00. The molecular formula is C21H24N2O4. The Morgan fingerprint density at radius 1 is 1.04 bits per heavy atom. The van der Waals surface area contributed by atoms with E-state index in [9.17, 15) is 9.59 Å². The molecule has 1 saturated heterocycles. The number of hydrogen-bond acceptors (Lipinski definition) is 6. The highest BCUT2D eigenvalue weighted by Crippen LogP contribution is 2.27. The zero-order valence-electron chi connectivity index (χ0n) is 15.7. The average Bonchev–Trinajstić information content (AvgIpc) is 3.10. The van der Waals surface area contributed by atoms with Crippen LogP contribution in [0.5, 0.6) is 0 Å². The van der Waals surface area contributed by atoms with E-state index in [-0.39, 0.29) is 11.3 Å². The Bertz CT molecular complexity index is 804. The molecule has 1 aromatic rings. The van der Waals surface area contributed by atoms with E-state index in [1.807, 2.05) is 18.2 Å². The highest BCUT2D eigenvalue weighted by Gasteiger charge is 2.27. The molecule has 0 bridgehead atoms. The molecule has 142 valence electrons. The molecule has 2 heterocycles. The highest BCUT2D eigenvalue weighted by molar-refractivity contribution is 6.05.